The molecule has 10 aromatic carbocycles. The van der Waals surface area contributed by atoms with Crippen LogP contribution in [-0.2, 0) is 25.7 Å². The van der Waals surface area contributed by atoms with Crippen molar-refractivity contribution in [3.63, 3.8) is 0 Å². The zero-order valence-corrected chi connectivity index (χ0v) is 77.3. The Morgan fingerprint density at radius 3 is 1.07 bits per heavy atom. The number of ether oxygens (including phenoxy) is 2. The number of nitriles is 1. The maximum atomic E-state index is 12.5. The minimum Gasteiger partial charge on any atom is -0.469 e. The highest BCUT2D eigenvalue weighted by Crippen LogP contribution is 2.37. The van der Waals surface area contributed by atoms with Crippen LogP contribution >= 0.6 is 0 Å². The van der Waals surface area contributed by atoms with Gasteiger partial charge in [0, 0.05) is 104 Å². The van der Waals surface area contributed by atoms with E-state index in [9.17, 15) is 39.4 Å². The Labute approximate surface area is 828 Å². The number of aromatic amines is 1. The number of hydrogen-bond donors (Lipinski definition) is 4. The third-order valence-corrected chi connectivity index (χ3v) is 21.5. The third kappa shape index (κ3) is 27.9. The van der Waals surface area contributed by atoms with E-state index in [1.807, 2.05) is 345 Å². The highest BCUT2D eigenvalue weighted by Gasteiger charge is 2.27. The third-order valence-electron chi connectivity index (χ3n) is 21.5. The lowest BCUT2D eigenvalue weighted by molar-refractivity contribution is -0.143. The van der Waals surface area contributed by atoms with E-state index in [4.69, 9.17) is 32.2 Å². The van der Waals surface area contributed by atoms with Crippen LogP contribution in [0.3, 0.4) is 0 Å². The van der Waals surface area contributed by atoms with Crippen LogP contribution in [0.25, 0.3) is 124 Å². The van der Waals surface area contributed by atoms with Crippen molar-refractivity contribution in [3.05, 3.63) is 382 Å². The largest absolute Gasteiger partial charge is 0.469 e. The number of aliphatic hydroxyl groups excluding tert-OH is 2. The van der Waals surface area contributed by atoms with Crippen LogP contribution in [0.2, 0.25) is 0 Å². The first-order valence-corrected chi connectivity index (χ1v) is 43.3. The molecular formula is C116H128N16O9. The standard InChI is InChI=1S/C22H18N4O.C22H19N3O2.C21H19N3O.C21H17N3O.C9H9N3.C8H8O.C5H8O3.C2H6.6CH4/c1-14-8-10-17(11-9-14)22-21(19(27)13-23)15(2)24-20-12-18(25-26(20)22)16-6-4-3-5-7-16;1-14-9-11-17(12-10-14)21-20(22(26)27-3)15(2)23-19-13-18(24-25(19)21)16-7-5-4-6-8-16;2*1-14-8-10-17(11-9-14)21-18(13-25)15(2)22-20-12-19(23-24(20)21)16-6-4-3-5-7-16;10-9-6-8(11-12-9)7-4-2-1-3-5-7;1-7-2-4-8(6-9)5-3-7;1-4(6)3-5(7)8-2;1-2;;;;;;/h3-12,19,27H,1-2H3;4-13H,1-3H3;3-12,25H,13H2,1-2H3;3-13H,1-2H3;1-6H,(H3,10,11,12);2-6H,1H3;3H2,1-2H3;1-2H3;6*1H4/i;;;;;;;1D;;;;;;. The lowest BCUT2D eigenvalue weighted by atomic mass is 10.00. The van der Waals surface area contributed by atoms with Gasteiger partial charge in [-0.15, -0.1) is 0 Å². The Hall–Kier alpha value is -17.0. The van der Waals surface area contributed by atoms with Crippen molar-refractivity contribution < 1.29 is 45.0 Å². The number of ketones is 1. The molecule has 0 saturated carbocycles. The number of nitrogens with two attached hydrogens (primary N) is 1. The van der Waals surface area contributed by atoms with Crippen LogP contribution in [0.1, 0.15) is 172 Å². The summed E-state index contributed by atoms with van der Waals surface area (Å²) < 4.78 is 22.5. The number of H-pyrrole nitrogens is 1. The molecule has 1 atom stereocenters. The number of fused-ring (bicyclic) bond motifs is 4. The molecule has 0 bridgehead atoms. The van der Waals surface area contributed by atoms with E-state index in [1.165, 1.54) is 37.8 Å². The SMILES string of the molecule is C.C.C.C.C.C.COC(=O)CC(C)=O.COC(=O)c1c(C)nc2cc(-c3ccccc3)nn2c1-c1ccc(C)cc1.Cc1ccc(-c2c(C(O)C#N)c(C)nc3cc(-c4ccccc4)nn23)cc1.Cc1ccc(-c2c(C=O)c(C)nc3cc(-c4ccccc4)nn23)cc1.Cc1ccc(-c2c(CO)c(C)nc3cc(-c4ccccc4)nn23)cc1.Cc1ccc(C=O)cc1.Nc1cc(-c2ccccc2)[nH]n1.[2H]CC. The molecule has 141 heavy (non-hydrogen) atoms. The molecule has 19 rings (SSSR count). The smallest absolute Gasteiger partial charge is 0.341 e. The summed E-state index contributed by atoms with van der Waals surface area (Å²) in [5.74, 6) is -0.544. The number of aldehydes is 2. The minimum atomic E-state index is -1.28. The molecule has 726 valence electrons. The molecule has 25 nitrogen and oxygen atoms in total. The number of nitrogens with zero attached hydrogens (tertiary/aromatic N) is 14. The fourth-order valence-corrected chi connectivity index (χ4v) is 14.6. The number of esters is 2. The number of rotatable bonds is 16. The molecule has 0 aliphatic carbocycles. The zero-order chi connectivity index (χ0) is 97.1. The number of hydrogen-bond acceptors (Lipinski definition) is 20. The average Bonchev–Trinajstić information content (AvgIpc) is 1.60. The van der Waals surface area contributed by atoms with E-state index >= 15 is 0 Å². The second-order valence-corrected chi connectivity index (χ2v) is 31.3. The molecule has 25 heteroatoms. The average molecular weight is 1890 g/mol. The van der Waals surface area contributed by atoms with Gasteiger partial charge in [-0.05, 0) is 74.8 Å². The van der Waals surface area contributed by atoms with Crippen molar-refractivity contribution in [1.29, 1.82) is 5.26 Å². The van der Waals surface area contributed by atoms with Crippen LogP contribution < -0.4 is 5.73 Å². The molecule has 0 spiro atoms. The van der Waals surface area contributed by atoms with Crippen molar-refractivity contribution in [2.45, 2.75) is 147 Å². The number of benzene rings is 10. The Morgan fingerprint density at radius 1 is 0.426 bits per heavy atom. The summed E-state index contributed by atoms with van der Waals surface area (Å²) in [4.78, 5) is 73.0. The number of carbonyl (C=O) groups excluding carboxylic acids is 5. The van der Waals surface area contributed by atoms with Crippen LogP contribution in [0.15, 0.2) is 303 Å². The number of nitrogen functional groups attached to an aromatic ring is 1. The fourth-order valence-electron chi connectivity index (χ4n) is 14.6. The van der Waals surface area contributed by atoms with Gasteiger partial charge >= 0.3 is 11.9 Å². The lowest BCUT2D eigenvalue weighted by Crippen LogP contribution is -2.12. The number of nitrogens with one attached hydrogen (secondary N) is 1. The summed E-state index contributed by atoms with van der Waals surface area (Å²) in [7, 11) is 2.63. The van der Waals surface area contributed by atoms with Crippen LogP contribution in [-0.4, -0.2) is 123 Å². The Morgan fingerprint density at radius 2 is 0.745 bits per heavy atom. The van der Waals surface area contributed by atoms with Crippen LogP contribution in [0.4, 0.5) is 5.82 Å². The molecule has 0 radical (unpaired) electrons. The minimum absolute atomic E-state index is 0. The maximum absolute atomic E-state index is 12.5. The first kappa shape index (κ1) is 111. The van der Waals surface area contributed by atoms with Crippen molar-refractivity contribution in [3.8, 4) is 107 Å². The van der Waals surface area contributed by atoms with Crippen molar-refractivity contribution in [1.82, 2.24) is 68.6 Å². The Balaban J connectivity index is 0.000000259. The second kappa shape index (κ2) is 53.5. The van der Waals surface area contributed by atoms with Gasteiger partial charge in [-0.2, -0.15) is 30.8 Å². The van der Waals surface area contributed by atoms with Crippen molar-refractivity contribution >= 4 is 58.7 Å². The van der Waals surface area contributed by atoms with Gasteiger partial charge < -0.3 is 25.4 Å². The number of aryl methyl sites for hydroxylation is 9. The molecule has 0 fully saturated rings. The van der Waals surface area contributed by atoms with E-state index in [0.29, 0.717) is 69.2 Å². The highest BCUT2D eigenvalue weighted by atomic mass is 16.5. The first-order chi connectivity index (χ1) is 65.8. The van der Waals surface area contributed by atoms with Crippen LogP contribution in [0, 0.1) is 73.6 Å². The predicted molar refractivity (Wildman–Crippen MR) is 571 cm³/mol. The summed E-state index contributed by atoms with van der Waals surface area (Å²) in [5, 5.41) is 55.3. The van der Waals surface area contributed by atoms with Gasteiger partial charge in [-0.3, -0.25) is 24.3 Å². The number of anilines is 1. The molecule has 9 heterocycles. The summed E-state index contributed by atoms with van der Waals surface area (Å²) in [6.45, 7) is 21.1. The molecule has 0 aliphatic heterocycles. The van der Waals surface area contributed by atoms with Gasteiger partial charge in [0.15, 0.2) is 35.0 Å². The van der Waals surface area contributed by atoms with Crippen LogP contribution in [0.5, 0.6) is 0 Å². The predicted octanol–water partition coefficient (Wildman–Crippen LogP) is 25.8. The summed E-state index contributed by atoms with van der Waals surface area (Å²) >= 11 is 0. The summed E-state index contributed by atoms with van der Waals surface area (Å²) in [6.07, 6.45) is 0.319. The summed E-state index contributed by atoms with van der Waals surface area (Å²) in [6, 6.07) is 101. The molecular weight excluding hydrogens is 1760 g/mol. The quantitative estimate of drug-likeness (QED) is 0.0302. The number of methoxy groups -OCH3 is 2. The van der Waals surface area contributed by atoms with E-state index in [2.05, 4.69) is 66.1 Å². The second-order valence-electron chi connectivity index (χ2n) is 31.3. The monoisotopic (exact) mass is 1890 g/mol. The van der Waals surface area contributed by atoms with E-state index in [-0.39, 0.29) is 63.4 Å². The van der Waals surface area contributed by atoms with Gasteiger partial charge in [0.2, 0.25) is 0 Å². The van der Waals surface area contributed by atoms with Gasteiger partial charge in [0.05, 0.1) is 95.1 Å². The molecule has 0 amide bonds. The fraction of sp³-hybridized carbons (Fsp3) is 0.198. The molecule has 0 saturated heterocycles. The van der Waals surface area contributed by atoms with E-state index in [0.717, 1.165) is 142 Å². The maximum Gasteiger partial charge on any atom is 0.341 e. The first-order valence-electron chi connectivity index (χ1n) is 44.0. The van der Waals surface area contributed by atoms with Gasteiger partial charge in [-0.25, -0.2) is 42.8 Å². The van der Waals surface area contributed by atoms with Gasteiger partial charge in [0.1, 0.15) is 29.9 Å². The normalized spacial score (nSPS) is 10.4. The van der Waals surface area contributed by atoms with Crippen molar-refractivity contribution in [2.24, 2.45) is 0 Å². The highest BCUT2D eigenvalue weighted by molar-refractivity contribution is 5.98. The van der Waals surface area contributed by atoms with Crippen molar-refractivity contribution in [2.75, 3.05) is 20.0 Å². The summed E-state index contributed by atoms with van der Waals surface area (Å²) in [5.41, 5.74) is 36.2. The molecule has 19 aromatic rings. The Bertz CT molecular complexity index is 7350. The van der Waals surface area contributed by atoms with Gasteiger partial charge in [0.25, 0.3) is 0 Å². The Kier molecular flexibility index (Phi) is 42.2. The van der Waals surface area contributed by atoms with Gasteiger partial charge in [-0.1, -0.05) is 359 Å². The number of aliphatic hydroxyl groups is 2. The van der Waals surface area contributed by atoms with E-state index in [1.54, 1.807) is 20.5 Å². The molecule has 5 N–H and O–H groups in total. The topological polar surface area (TPSA) is 344 Å². The molecule has 1 unspecified atom stereocenters. The zero-order valence-electron chi connectivity index (χ0n) is 78.3. The van der Waals surface area contributed by atoms with E-state index < -0.39 is 18.0 Å². The molecule has 0 aliphatic rings. The number of carbonyl (C=O) groups is 5. The molecule has 9 aromatic heterocycles. The number of Topliss-reactive ketones (excluding diaryl/α,β-unsaturated/α-hetero) is 1. The number of aromatic nitrogens is 14. The lowest BCUT2D eigenvalue weighted by Gasteiger charge is -2.15.